The lowest BCUT2D eigenvalue weighted by atomic mass is 9.98. The van der Waals surface area contributed by atoms with Gasteiger partial charge in [-0.2, -0.15) is 0 Å². The van der Waals surface area contributed by atoms with E-state index in [1.54, 1.807) is 11.3 Å². The molecule has 2 heterocycles. The highest BCUT2D eigenvalue weighted by Gasteiger charge is 2.18. The third-order valence-electron chi connectivity index (χ3n) is 3.99. The Hall–Kier alpha value is -0.410. The van der Waals surface area contributed by atoms with Crippen LogP contribution in [0.3, 0.4) is 0 Å². The second-order valence-corrected chi connectivity index (χ2v) is 7.16. The summed E-state index contributed by atoms with van der Waals surface area (Å²) >= 11 is 1.72. The summed E-state index contributed by atoms with van der Waals surface area (Å²) in [6.07, 6.45) is 4.54. The number of aryl methyl sites for hydroxylation is 1. The van der Waals surface area contributed by atoms with Gasteiger partial charge in [-0.1, -0.05) is 6.92 Å². The normalized spacial score (nSPS) is 19.3. The zero-order valence-corrected chi connectivity index (χ0v) is 17.6. The van der Waals surface area contributed by atoms with Crippen LogP contribution in [0.25, 0.3) is 0 Å². The Morgan fingerprint density at radius 3 is 2.91 bits per heavy atom. The van der Waals surface area contributed by atoms with E-state index in [1.165, 1.54) is 30.8 Å². The molecule has 132 valence electrons. The van der Waals surface area contributed by atoms with Gasteiger partial charge in [0.15, 0.2) is 5.96 Å². The molecule has 0 spiro atoms. The second kappa shape index (κ2) is 11.2. The standard InChI is InChI=1S/C16H29N5S.HI/c1-4-17-16(20-11-15-18-9-13(3)22-15)19-10-14-7-6-8-21(5-2)12-14;/h9,14H,4-8,10-12H2,1-3H3,(H2,17,19,20);1H. The van der Waals surface area contributed by atoms with E-state index < -0.39 is 0 Å². The third-order valence-corrected chi connectivity index (χ3v) is 4.89. The maximum absolute atomic E-state index is 4.65. The Labute approximate surface area is 161 Å². The monoisotopic (exact) mass is 451 g/mol. The predicted molar refractivity (Wildman–Crippen MR) is 110 cm³/mol. The molecule has 0 saturated carbocycles. The Bertz CT molecular complexity index is 477. The number of rotatable bonds is 6. The fourth-order valence-corrected chi connectivity index (χ4v) is 3.52. The highest BCUT2D eigenvalue weighted by Crippen LogP contribution is 2.15. The van der Waals surface area contributed by atoms with Crippen LogP contribution >= 0.6 is 35.3 Å². The van der Waals surface area contributed by atoms with Crippen molar-refractivity contribution in [1.29, 1.82) is 0 Å². The third kappa shape index (κ3) is 7.34. The Balaban J connectivity index is 0.00000264. The first kappa shape index (κ1) is 20.6. The first-order chi connectivity index (χ1) is 10.7. The number of nitrogens with zero attached hydrogens (tertiary/aromatic N) is 3. The average Bonchev–Trinajstić information content (AvgIpc) is 2.96. The van der Waals surface area contributed by atoms with Crippen molar-refractivity contribution in [2.75, 3.05) is 32.7 Å². The van der Waals surface area contributed by atoms with Gasteiger partial charge in [-0.15, -0.1) is 35.3 Å². The summed E-state index contributed by atoms with van der Waals surface area (Å²) in [4.78, 5) is 12.8. The summed E-state index contributed by atoms with van der Waals surface area (Å²) in [7, 11) is 0. The molecule has 1 aromatic rings. The van der Waals surface area contributed by atoms with Crippen LogP contribution in [0.1, 0.15) is 36.6 Å². The van der Waals surface area contributed by atoms with Crippen molar-refractivity contribution in [3.63, 3.8) is 0 Å². The van der Waals surface area contributed by atoms with Gasteiger partial charge < -0.3 is 15.5 Å². The smallest absolute Gasteiger partial charge is 0.191 e. The molecule has 2 N–H and O–H groups in total. The molecular weight excluding hydrogens is 421 g/mol. The number of thiazole rings is 1. The predicted octanol–water partition coefficient (Wildman–Crippen LogP) is 2.86. The molecule has 23 heavy (non-hydrogen) atoms. The zero-order valence-electron chi connectivity index (χ0n) is 14.5. The number of nitrogens with one attached hydrogen (secondary N) is 2. The lowest BCUT2D eigenvalue weighted by Crippen LogP contribution is -2.44. The molecule has 1 aliphatic rings. The first-order valence-corrected chi connectivity index (χ1v) is 9.18. The number of hydrogen-bond acceptors (Lipinski definition) is 4. The molecule has 1 aliphatic heterocycles. The number of hydrogen-bond donors (Lipinski definition) is 2. The molecule has 1 unspecified atom stereocenters. The molecule has 0 radical (unpaired) electrons. The molecule has 5 nitrogen and oxygen atoms in total. The second-order valence-electron chi connectivity index (χ2n) is 5.84. The molecule has 0 aromatic carbocycles. The van der Waals surface area contributed by atoms with Crippen LogP contribution in [-0.2, 0) is 6.54 Å². The van der Waals surface area contributed by atoms with E-state index in [4.69, 9.17) is 0 Å². The topological polar surface area (TPSA) is 52.6 Å². The molecular formula is C16H30IN5S. The van der Waals surface area contributed by atoms with Crippen molar-refractivity contribution >= 4 is 41.3 Å². The largest absolute Gasteiger partial charge is 0.357 e. The molecule has 7 heteroatoms. The van der Waals surface area contributed by atoms with Crippen molar-refractivity contribution in [2.24, 2.45) is 10.9 Å². The molecule has 1 atom stereocenters. The molecule has 1 fully saturated rings. The SMILES string of the molecule is CCNC(=NCc1ncc(C)s1)NCC1CCCN(CC)C1.I. The van der Waals surface area contributed by atoms with Crippen LogP contribution in [0.4, 0.5) is 0 Å². The first-order valence-electron chi connectivity index (χ1n) is 8.37. The highest BCUT2D eigenvalue weighted by molar-refractivity contribution is 14.0. The fraction of sp³-hybridized carbons (Fsp3) is 0.750. The summed E-state index contributed by atoms with van der Waals surface area (Å²) in [5.41, 5.74) is 0. The summed E-state index contributed by atoms with van der Waals surface area (Å²) < 4.78 is 0. The number of aliphatic imine (C=N–C) groups is 1. The number of aromatic nitrogens is 1. The van der Waals surface area contributed by atoms with Gasteiger partial charge in [0, 0.05) is 30.7 Å². The number of likely N-dealkylation sites (tertiary alicyclic amines) is 1. The minimum absolute atomic E-state index is 0. The van der Waals surface area contributed by atoms with Crippen LogP contribution in [0.2, 0.25) is 0 Å². The summed E-state index contributed by atoms with van der Waals surface area (Å²) in [6, 6.07) is 0. The van der Waals surface area contributed by atoms with Crippen LogP contribution in [0, 0.1) is 12.8 Å². The van der Waals surface area contributed by atoms with E-state index >= 15 is 0 Å². The van der Waals surface area contributed by atoms with Gasteiger partial charge in [0.25, 0.3) is 0 Å². The number of guanidine groups is 1. The van der Waals surface area contributed by atoms with Gasteiger partial charge in [-0.3, -0.25) is 0 Å². The summed E-state index contributed by atoms with van der Waals surface area (Å²) in [6.45, 7) is 12.6. The van der Waals surface area contributed by atoms with E-state index in [9.17, 15) is 0 Å². The van der Waals surface area contributed by atoms with Gasteiger partial charge in [0.05, 0.1) is 6.54 Å². The molecule has 0 aliphatic carbocycles. The van der Waals surface area contributed by atoms with E-state index in [0.29, 0.717) is 6.54 Å². The van der Waals surface area contributed by atoms with Gasteiger partial charge in [-0.25, -0.2) is 9.98 Å². The maximum atomic E-state index is 4.65. The lowest BCUT2D eigenvalue weighted by Gasteiger charge is -2.32. The molecule has 2 rings (SSSR count). The highest BCUT2D eigenvalue weighted by atomic mass is 127. The van der Waals surface area contributed by atoms with Crippen molar-refractivity contribution in [2.45, 2.75) is 40.2 Å². The van der Waals surface area contributed by atoms with Crippen LogP contribution in [0.15, 0.2) is 11.2 Å². The van der Waals surface area contributed by atoms with E-state index in [2.05, 4.69) is 46.3 Å². The lowest BCUT2D eigenvalue weighted by molar-refractivity contribution is 0.183. The van der Waals surface area contributed by atoms with Gasteiger partial charge in [0.2, 0.25) is 0 Å². The van der Waals surface area contributed by atoms with Crippen LogP contribution in [0.5, 0.6) is 0 Å². The van der Waals surface area contributed by atoms with Gasteiger partial charge in [-0.05, 0) is 45.7 Å². The van der Waals surface area contributed by atoms with E-state index in [0.717, 1.165) is 36.5 Å². The molecule has 1 saturated heterocycles. The Morgan fingerprint density at radius 2 is 2.26 bits per heavy atom. The molecule has 0 bridgehead atoms. The Morgan fingerprint density at radius 1 is 1.43 bits per heavy atom. The number of piperidine rings is 1. The van der Waals surface area contributed by atoms with Crippen molar-refractivity contribution < 1.29 is 0 Å². The quantitative estimate of drug-likeness (QED) is 0.397. The average molecular weight is 451 g/mol. The molecule has 0 amide bonds. The summed E-state index contributed by atoms with van der Waals surface area (Å²) in [5.74, 6) is 1.63. The van der Waals surface area contributed by atoms with Gasteiger partial charge >= 0.3 is 0 Å². The maximum Gasteiger partial charge on any atom is 0.191 e. The van der Waals surface area contributed by atoms with Crippen LogP contribution in [-0.4, -0.2) is 48.6 Å². The van der Waals surface area contributed by atoms with Crippen molar-refractivity contribution in [3.8, 4) is 0 Å². The van der Waals surface area contributed by atoms with E-state index in [1.807, 2.05) is 6.20 Å². The minimum Gasteiger partial charge on any atom is -0.357 e. The zero-order chi connectivity index (χ0) is 15.8. The van der Waals surface area contributed by atoms with Crippen molar-refractivity contribution in [3.05, 3.63) is 16.1 Å². The summed E-state index contributed by atoms with van der Waals surface area (Å²) in [5, 5.41) is 7.90. The van der Waals surface area contributed by atoms with Gasteiger partial charge in [0.1, 0.15) is 5.01 Å². The number of halogens is 1. The fourth-order valence-electron chi connectivity index (χ4n) is 2.81. The minimum atomic E-state index is 0. The van der Waals surface area contributed by atoms with E-state index in [-0.39, 0.29) is 24.0 Å². The van der Waals surface area contributed by atoms with Crippen molar-refractivity contribution in [1.82, 2.24) is 20.5 Å². The Kier molecular flexibility index (Phi) is 10.0. The molecule has 1 aromatic heterocycles. The van der Waals surface area contributed by atoms with Crippen LogP contribution < -0.4 is 10.6 Å².